The molecule has 1 atom stereocenters. The zero-order chi connectivity index (χ0) is 14.0. The molecule has 0 N–H and O–H groups in total. The van der Waals surface area contributed by atoms with E-state index in [0.717, 1.165) is 0 Å². The first-order valence-corrected chi connectivity index (χ1v) is 6.70. The predicted octanol–water partition coefficient (Wildman–Crippen LogP) is 2.91. The number of ether oxygens (including phenoxy) is 1. The van der Waals surface area contributed by atoms with Gasteiger partial charge >= 0.3 is 5.97 Å². The van der Waals surface area contributed by atoms with Crippen LogP contribution >= 0.6 is 23.2 Å². The number of anilines is 1. The van der Waals surface area contributed by atoms with Crippen molar-refractivity contribution in [1.29, 1.82) is 0 Å². The first-order chi connectivity index (χ1) is 9.02. The lowest BCUT2D eigenvalue weighted by atomic mass is 10.1. The molecule has 19 heavy (non-hydrogen) atoms. The van der Waals surface area contributed by atoms with E-state index in [0.29, 0.717) is 22.3 Å². The van der Waals surface area contributed by atoms with Gasteiger partial charge in [-0.1, -0.05) is 23.2 Å². The monoisotopic (exact) mass is 301 g/mol. The SMILES string of the molecule is CCOC(=O)[C@@H]1CC(=O)N(c2cc(Cl)ccc2Cl)C1. The van der Waals surface area contributed by atoms with Gasteiger partial charge in [0.25, 0.3) is 0 Å². The lowest BCUT2D eigenvalue weighted by molar-refractivity contribution is -0.147. The summed E-state index contributed by atoms with van der Waals surface area (Å²) in [6.07, 6.45) is 0.141. The van der Waals surface area contributed by atoms with Crippen LogP contribution in [0.25, 0.3) is 0 Å². The maximum absolute atomic E-state index is 12.0. The fourth-order valence-electron chi connectivity index (χ4n) is 2.05. The summed E-state index contributed by atoms with van der Waals surface area (Å²) in [6.45, 7) is 2.32. The summed E-state index contributed by atoms with van der Waals surface area (Å²) >= 11 is 12.0. The van der Waals surface area contributed by atoms with Gasteiger partial charge in [-0.3, -0.25) is 9.59 Å². The molecule has 0 saturated carbocycles. The molecule has 1 heterocycles. The third kappa shape index (κ3) is 3.01. The van der Waals surface area contributed by atoms with Gasteiger partial charge in [0.1, 0.15) is 0 Å². The zero-order valence-corrected chi connectivity index (χ0v) is 11.9. The Morgan fingerprint density at radius 2 is 2.21 bits per heavy atom. The van der Waals surface area contributed by atoms with Crippen LogP contribution in [0.15, 0.2) is 18.2 Å². The lowest BCUT2D eigenvalue weighted by Gasteiger charge is -2.18. The van der Waals surface area contributed by atoms with Gasteiger partial charge in [-0.15, -0.1) is 0 Å². The Labute approximate surface area is 121 Å². The van der Waals surface area contributed by atoms with E-state index in [1.165, 1.54) is 4.90 Å². The molecule has 4 nitrogen and oxygen atoms in total. The Bertz CT molecular complexity index is 519. The summed E-state index contributed by atoms with van der Waals surface area (Å²) in [5.41, 5.74) is 0.533. The van der Waals surface area contributed by atoms with E-state index in [1.807, 2.05) is 0 Å². The molecule has 0 unspecified atom stereocenters. The molecule has 1 aliphatic rings. The maximum atomic E-state index is 12.0. The number of carbonyl (C=O) groups excluding carboxylic acids is 2. The van der Waals surface area contributed by atoms with Gasteiger partial charge < -0.3 is 9.64 Å². The standard InChI is InChI=1S/C13H13Cl2NO3/c1-2-19-13(18)8-5-12(17)16(7-8)11-6-9(14)3-4-10(11)15/h3-4,6,8H,2,5,7H2,1H3/t8-/m1/s1. The van der Waals surface area contributed by atoms with Gasteiger partial charge in [0.2, 0.25) is 5.91 Å². The van der Waals surface area contributed by atoms with Crippen molar-refractivity contribution >= 4 is 40.8 Å². The van der Waals surface area contributed by atoms with Crippen molar-refractivity contribution in [2.75, 3.05) is 18.1 Å². The van der Waals surface area contributed by atoms with E-state index in [9.17, 15) is 9.59 Å². The number of esters is 1. The number of rotatable bonds is 3. The third-order valence-corrected chi connectivity index (χ3v) is 3.50. The summed E-state index contributed by atoms with van der Waals surface area (Å²) in [7, 11) is 0. The van der Waals surface area contributed by atoms with Gasteiger partial charge in [0.15, 0.2) is 0 Å². The van der Waals surface area contributed by atoms with Gasteiger partial charge in [-0.05, 0) is 25.1 Å². The highest BCUT2D eigenvalue weighted by molar-refractivity contribution is 6.35. The molecule has 1 aromatic carbocycles. The van der Waals surface area contributed by atoms with Gasteiger partial charge in [-0.25, -0.2) is 0 Å². The molecule has 0 bridgehead atoms. The smallest absolute Gasteiger partial charge is 0.311 e. The van der Waals surface area contributed by atoms with Crippen LogP contribution < -0.4 is 4.90 Å². The minimum absolute atomic E-state index is 0.141. The molecule has 0 spiro atoms. The van der Waals surface area contributed by atoms with E-state index >= 15 is 0 Å². The molecule has 6 heteroatoms. The fraction of sp³-hybridized carbons (Fsp3) is 0.385. The minimum atomic E-state index is -0.442. The second kappa shape index (κ2) is 5.80. The summed E-state index contributed by atoms with van der Waals surface area (Å²) in [5.74, 6) is -0.943. The van der Waals surface area contributed by atoms with Gasteiger partial charge in [0, 0.05) is 18.0 Å². The highest BCUT2D eigenvalue weighted by atomic mass is 35.5. The Hall–Kier alpha value is -1.26. The molecule has 1 saturated heterocycles. The topological polar surface area (TPSA) is 46.6 Å². The van der Waals surface area contributed by atoms with Crippen LogP contribution in [0.4, 0.5) is 5.69 Å². The molecule has 1 fully saturated rings. The first kappa shape index (κ1) is 14.2. The Morgan fingerprint density at radius 3 is 2.89 bits per heavy atom. The second-order valence-corrected chi connectivity index (χ2v) is 5.10. The second-order valence-electron chi connectivity index (χ2n) is 4.25. The number of benzene rings is 1. The van der Waals surface area contributed by atoms with Crippen LogP contribution in [-0.4, -0.2) is 25.0 Å². The highest BCUT2D eigenvalue weighted by Gasteiger charge is 2.36. The van der Waals surface area contributed by atoms with Crippen LogP contribution in [0.5, 0.6) is 0 Å². The number of halogens is 2. The average molecular weight is 302 g/mol. The number of hydrogen-bond donors (Lipinski definition) is 0. The van der Waals surface area contributed by atoms with E-state index in [1.54, 1.807) is 25.1 Å². The van der Waals surface area contributed by atoms with Crippen LogP contribution in [0.2, 0.25) is 10.0 Å². The molecule has 2 rings (SSSR count). The zero-order valence-electron chi connectivity index (χ0n) is 10.4. The highest BCUT2D eigenvalue weighted by Crippen LogP contribution is 2.33. The van der Waals surface area contributed by atoms with Crippen molar-refractivity contribution < 1.29 is 14.3 Å². The van der Waals surface area contributed by atoms with Crippen molar-refractivity contribution in [2.24, 2.45) is 5.92 Å². The molecule has 0 radical (unpaired) electrons. The van der Waals surface area contributed by atoms with Crippen LogP contribution in [0, 0.1) is 5.92 Å². The average Bonchev–Trinajstić information content (AvgIpc) is 2.75. The Morgan fingerprint density at radius 1 is 1.47 bits per heavy atom. The number of carbonyl (C=O) groups is 2. The lowest BCUT2D eigenvalue weighted by Crippen LogP contribution is -2.26. The summed E-state index contributed by atoms with van der Waals surface area (Å²) in [4.78, 5) is 25.1. The van der Waals surface area contributed by atoms with Crippen LogP contribution in [0.1, 0.15) is 13.3 Å². The van der Waals surface area contributed by atoms with E-state index in [-0.39, 0.29) is 24.8 Å². The summed E-state index contributed by atoms with van der Waals surface area (Å²) < 4.78 is 4.94. The van der Waals surface area contributed by atoms with Crippen LogP contribution in [-0.2, 0) is 14.3 Å². The third-order valence-electron chi connectivity index (χ3n) is 2.94. The van der Waals surface area contributed by atoms with Gasteiger partial charge in [0.05, 0.1) is 23.2 Å². The van der Waals surface area contributed by atoms with Crippen molar-refractivity contribution in [2.45, 2.75) is 13.3 Å². The summed E-state index contributed by atoms with van der Waals surface area (Å²) in [6, 6.07) is 4.90. The van der Waals surface area contributed by atoms with E-state index in [4.69, 9.17) is 27.9 Å². The van der Waals surface area contributed by atoms with Crippen molar-refractivity contribution in [1.82, 2.24) is 0 Å². The Balaban J connectivity index is 2.20. The number of nitrogens with zero attached hydrogens (tertiary/aromatic N) is 1. The Kier molecular flexibility index (Phi) is 4.32. The first-order valence-electron chi connectivity index (χ1n) is 5.95. The van der Waals surface area contributed by atoms with Crippen LogP contribution in [0.3, 0.4) is 0 Å². The molecular weight excluding hydrogens is 289 g/mol. The number of amides is 1. The van der Waals surface area contributed by atoms with Crippen molar-refractivity contribution in [3.8, 4) is 0 Å². The van der Waals surface area contributed by atoms with Crippen molar-refractivity contribution in [3.05, 3.63) is 28.2 Å². The normalized spacial score (nSPS) is 18.8. The number of hydrogen-bond acceptors (Lipinski definition) is 3. The maximum Gasteiger partial charge on any atom is 0.311 e. The summed E-state index contributed by atoms with van der Waals surface area (Å²) in [5, 5.41) is 0.925. The molecule has 0 aliphatic carbocycles. The van der Waals surface area contributed by atoms with Crippen molar-refractivity contribution in [3.63, 3.8) is 0 Å². The molecule has 0 aromatic heterocycles. The molecule has 1 aliphatic heterocycles. The van der Waals surface area contributed by atoms with E-state index < -0.39 is 5.92 Å². The quantitative estimate of drug-likeness (QED) is 0.807. The molecule has 1 amide bonds. The fourth-order valence-corrected chi connectivity index (χ4v) is 2.44. The predicted molar refractivity (Wildman–Crippen MR) is 73.6 cm³/mol. The molecule has 1 aromatic rings. The molecular formula is C13H13Cl2NO3. The van der Waals surface area contributed by atoms with E-state index in [2.05, 4.69) is 0 Å². The largest absolute Gasteiger partial charge is 0.466 e. The van der Waals surface area contributed by atoms with Gasteiger partial charge in [-0.2, -0.15) is 0 Å². The minimum Gasteiger partial charge on any atom is -0.466 e. The molecule has 102 valence electrons.